The summed E-state index contributed by atoms with van der Waals surface area (Å²) < 4.78 is 10.3. The molecule has 0 aliphatic heterocycles. The van der Waals surface area contributed by atoms with Gasteiger partial charge in [-0.05, 0) is 37.6 Å². The summed E-state index contributed by atoms with van der Waals surface area (Å²) in [5, 5.41) is 2.68. The van der Waals surface area contributed by atoms with E-state index >= 15 is 0 Å². The number of nitrogens with one attached hydrogen (secondary N) is 1. The number of hydrogen-bond donors (Lipinski definition) is 1. The fourth-order valence-electron chi connectivity index (χ4n) is 1.65. The SMILES string of the molecule is CCCCOc1ccc(C(=O)NCCC(=O)OCC)cc1. The standard InChI is InChI=1S/C16H23NO4/c1-3-5-12-21-14-8-6-13(7-9-14)16(19)17-11-10-15(18)20-4-2/h6-9H,3-5,10-12H2,1-2H3,(H,17,19). The molecule has 0 aliphatic carbocycles. The van der Waals surface area contributed by atoms with Crippen molar-refractivity contribution in [2.75, 3.05) is 19.8 Å². The quantitative estimate of drug-likeness (QED) is 0.561. The van der Waals surface area contributed by atoms with E-state index in [9.17, 15) is 9.59 Å². The van der Waals surface area contributed by atoms with Crippen molar-refractivity contribution in [2.45, 2.75) is 33.1 Å². The summed E-state index contributed by atoms with van der Waals surface area (Å²) in [6, 6.07) is 6.97. The van der Waals surface area contributed by atoms with Gasteiger partial charge >= 0.3 is 5.97 Å². The Morgan fingerprint density at radius 3 is 2.48 bits per heavy atom. The summed E-state index contributed by atoms with van der Waals surface area (Å²) in [6.45, 7) is 5.16. The fourth-order valence-corrected chi connectivity index (χ4v) is 1.65. The number of esters is 1. The number of benzene rings is 1. The summed E-state index contributed by atoms with van der Waals surface area (Å²) in [5.74, 6) is 0.239. The molecular weight excluding hydrogens is 270 g/mol. The van der Waals surface area contributed by atoms with Crippen molar-refractivity contribution in [3.8, 4) is 5.75 Å². The molecule has 0 atom stereocenters. The molecule has 1 amide bonds. The molecule has 0 bridgehead atoms. The molecule has 0 unspecified atom stereocenters. The fraction of sp³-hybridized carbons (Fsp3) is 0.500. The maximum Gasteiger partial charge on any atom is 0.307 e. The van der Waals surface area contributed by atoms with E-state index in [1.165, 1.54) is 0 Å². The molecule has 1 N–H and O–H groups in total. The summed E-state index contributed by atoms with van der Waals surface area (Å²) in [7, 11) is 0. The van der Waals surface area contributed by atoms with Crippen LogP contribution in [-0.4, -0.2) is 31.6 Å². The molecular formula is C16H23NO4. The first-order chi connectivity index (χ1) is 10.2. The molecule has 0 heterocycles. The maximum absolute atomic E-state index is 11.9. The number of rotatable bonds is 9. The van der Waals surface area contributed by atoms with Gasteiger partial charge in [0.1, 0.15) is 5.75 Å². The lowest BCUT2D eigenvalue weighted by Crippen LogP contribution is -2.26. The molecule has 5 heteroatoms. The second kappa shape index (κ2) is 9.80. The maximum atomic E-state index is 11.9. The highest BCUT2D eigenvalue weighted by molar-refractivity contribution is 5.94. The predicted octanol–water partition coefficient (Wildman–Crippen LogP) is 2.55. The van der Waals surface area contributed by atoms with E-state index in [1.54, 1.807) is 31.2 Å². The average molecular weight is 293 g/mol. The van der Waals surface area contributed by atoms with Crippen LogP contribution in [0.2, 0.25) is 0 Å². The van der Waals surface area contributed by atoms with Crippen molar-refractivity contribution in [1.29, 1.82) is 0 Å². The molecule has 0 saturated carbocycles. The molecule has 1 aromatic rings. The normalized spacial score (nSPS) is 10.0. The van der Waals surface area contributed by atoms with E-state index in [-0.39, 0.29) is 24.8 Å². The summed E-state index contributed by atoms with van der Waals surface area (Å²) in [4.78, 5) is 23.0. The topological polar surface area (TPSA) is 64.6 Å². The summed E-state index contributed by atoms with van der Waals surface area (Å²) >= 11 is 0. The van der Waals surface area contributed by atoms with E-state index < -0.39 is 0 Å². The third-order valence-electron chi connectivity index (χ3n) is 2.80. The molecule has 5 nitrogen and oxygen atoms in total. The van der Waals surface area contributed by atoms with Crippen LogP contribution in [0.4, 0.5) is 0 Å². The van der Waals surface area contributed by atoms with Crippen molar-refractivity contribution in [3.05, 3.63) is 29.8 Å². The van der Waals surface area contributed by atoms with Crippen molar-refractivity contribution in [3.63, 3.8) is 0 Å². The van der Waals surface area contributed by atoms with Crippen LogP contribution in [0.1, 0.15) is 43.5 Å². The van der Waals surface area contributed by atoms with E-state index in [4.69, 9.17) is 9.47 Å². The minimum absolute atomic E-state index is 0.178. The van der Waals surface area contributed by atoms with Gasteiger partial charge < -0.3 is 14.8 Å². The van der Waals surface area contributed by atoms with Crippen molar-refractivity contribution < 1.29 is 19.1 Å². The number of carbonyl (C=O) groups is 2. The van der Waals surface area contributed by atoms with Crippen molar-refractivity contribution in [2.24, 2.45) is 0 Å². The van der Waals surface area contributed by atoms with E-state index in [2.05, 4.69) is 12.2 Å². The summed E-state index contributed by atoms with van der Waals surface area (Å²) in [5.41, 5.74) is 0.543. The minimum atomic E-state index is -0.308. The zero-order valence-electron chi connectivity index (χ0n) is 12.7. The molecule has 116 valence electrons. The zero-order chi connectivity index (χ0) is 15.5. The van der Waals surface area contributed by atoms with Crippen molar-refractivity contribution >= 4 is 11.9 Å². The number of unbranched alkanes of at least 4 members (excludes halogenated alkanes) is 1. The monoisotopic (exact) mass is 293 g/mol. The van der Waals surface area contributed by atoms with E-state index in [0.717, 1.165) is 18.6 Å². The lowest BCUT2D eigenvalue weighted by molar-refractivity contribution is -0.142. The van der Waals surface area contributed by atoms with Crippen LogP contribution in [0.5, 0.6) is 5.75 Å². The molecule has 0 radical (unpaired) electrons. The van der Waals surface area contributed by atoms with Crippen LogP contribution in [-0.2, 0) is 9.53 Å². The average Bonchev–Trinajstić information content (AvgIpc) is 2.48. The van der Waals surface area contributed by atoms with Crippen LogP contribution in [0.25, 0.3) is 0 Å². The van der Waals surface area contributed by atoms with Gasteiger partial charge in [0.25, 0.3) is 5.91 Å². The Balaban J connectivity index is 2.35. The molecule has 1 aromatic carbocycles. The van der Waals surface area contributed by atoms with Gasteiger partial charge in [0.2, 0.25) is 0 Å². The Morgan fingerprint density at radius 2 is 1.86 bits per heavy atom. The predicted molar refractivity (Wildman–Crippen MR) is 80.4 cm³/mol. The highest BCUT2D eigenvalue weighted by Crippen LogP contribution is 2.12. The molecule has 0 saturated heterocycles. The molecule has 0 aromatic heterocycles. The van der Waals surface area contributed by atoms with Crippen LogP contribution < -0.4 is 10.1 Å². The smallest absolute Gasteiger partial charge is 0.307 e. The van der Waals surface area contributed by atoms with Gasteiger partial charge in [0.15, 0.2) is 0 Å². The molecule has 0 aliphatic rings. The first kappa shape index (κ1) is 17.0. The lowest BCUT2D eigenvalue weighted by Gasteiger charge is -2.07. The van der Waals surface area contributed by atoms with Crippen LogP contribution in [0.3, 0.4) is 0 Å². The van der Waals surface area contributed by atoms with Gasteiger partial charge in [-0.2, -0.15) is 0 Å². The third-order valence-corrected chi connectivity index (χ3v) is 2.80. The van der Waals surface area contributed by atoms with Gasteiger partial charge in [-0.3, -0.25) is 9.59 Å². The Hall–Kier alpha value is -2.04. The second-order valence-corrected chi connectivity index (χ2v) is 4.54. The van der Waals surface area contributed by atoms with E-state index in [0.29, 0.717) is 18.8 Å². The largest absolute Gasteiger partial charge is 0.494 e. The Labute approximate surface area is 125 Å². The Bertz CT molecular complexity index is 442. The van der Waals surface area contributed by atoms with Gasteiger partial charge in [-0.25, -0.2) is 0 Å². The van der Waals surface area contributed by atoms with Gasteiger partial charge in [-0.15, -0.1) is 0 Å². The van der Waals surface area contributed by atoms with Gasteiger partial charge in [-0.1, -0.05) is 13.3 Å². The lowest BCUT2D eigenvalue weighted by atomic mass is 10.2. The van der Waals surface area contributed by atoms with Gasteiger partial charge in [0, 0.05) is 12.1 Å². The van der Waals surface area contributed by atoms with Crippen molar-refractivity contribution in [1.82, 2.24) is 5.32 Å². The van der Waals surface area contributed by atoms with Gasteiger partial charge in [0.05, 0.1) is 19.6 Å². The number of amides is 1. The Morgan fingerprint density at radius 1 is 1.14 bits per heavy atom. The number of carbonyl (C=O) groups excluding carboxylic acids is 2. The third kappa shape index (κ3) is 6.79. The molecule has 0 fully saturated rings. The zero-order valence-corrected chi connectivity index (χ0v) is 12.7. The first-order valence-corrected chi connectivity index (χ1v) is 7.34. The highest BCUT2D eigenvalue weighted by atomic mass is 16.5. The molecule has 0 spiro atoms. The molecule has 21 heavy (non-hydrogen) atoms. The summed E-state index contributed by atoms with van der Waals surface area (Å²) in [6.07, 6.45) is 2.27. The van der Waals surface area contributed by atoms with Crippen LogP contribution in [0.15, 0.2) is 24.3 Å². The number of ether oxygens (including phenoxy) is 2. The molecule has 1 rings (SSSR count). The van der Waals surface area contributed by atoms with Crippen LogP contribution >= 0.6 is 0 Å². The van der Waals surface area contributed by atoms with Crippen LogP contribution in [0, 0.1) is 0 Å². The highest BCUT2D eigenvalue weighted by Gasteiger charge is 2.07. The minimum Gasteiger partial charge on any atom is -0.494 e. The second-order valence-electron chi connectivity index (χ2n) is 4.54. The number of hydrogen-bond acceptors (Lipinski definition) is 4. The Kier molecular flexibility index (Phi) is 7.94. The van der Waals surface area contributed by atoms with E-state index in [1.807, 2.05) is 0 Å². The first-order valence-electron chi connectivity index (χ1n) is 7.34.